The van der Waals surface area contributed by atoms with Gasteiger partial charge in [-0.05, 0) is 24.1 Å². The molecule has 94 valence electrons. The molecular weight excluding hydrogens is 228 g/mol. The van der Waals surface area contributed by atoms with Crippen molar-refractivity contribution in [3.05, 3.63) is 29.8 Å². The number of piperidine rings is 1. The van der Waals surface area contributed by atoms with E-state index in [0.29, 0.717) is 25.9 Å². The molecule has 1 unspecified atom stereocenters. The molecule has 0 N–H and O–H groups in total. The molecule has 1 aromatic carbocycles. The van der Waals surface area contributed by atoms with Gasteiger partial charge in [0, 0.05) is 19.5 Å². The number of nitriles is 1. The van der Waals surface area contributed by atoms with Crippen LogP contribution < -0.4 is 4.74 Å². The van der Waals surface area contributed by atoms with Crippen LogP contribution in [0.1, 0.15) is 18.4 Å². The molecule has 1 aliphatic heterocycles. The number of hydrogen-bond acceptors (Lipinski definition) is 3. The van der Waals surface area contributed by atoms with Gasteiger partial charge in [-0.15, -0.1) is 0 Å². The van der Waals surface area contributed by atoms with Crippen LogP contribution in [0.5, 0.6) is 5.75 Å². The van der Waals surface area contributed by atoms with E-state index in [-0.39, 0.29) is 11.8 Å². The lowest BCUT2D eigenvalue weighted by atomic mass is 9.98. The topological polar surface area (TPSA) is 53.3 Å². The molecular formula is C14H16N2O2. The van der Waals surface area contributed by atoms with E-state index in [0.717, 1.165) is 11.3 Å². The van der Waals surface area contributed by atoms with Crippen molar-refractivity contribution >= 4 is 5.91 Å². The fourth-order valence-corrected chi connectivity index (χ4v) is 2.16. The minimum atomic E-state index is -0.0340. The highest BCUT2D eigenvalue weighted by Crippen LogP contribution is 2.20. The van der Waals surface area contributed by atoms with Crippen LogP contribution in [0.3, 0.4) is 0 Å². The molecule has 0 spiro atoms. The number of carbonyl (C=O) groups is 1. The Bertz CT molecular complexity index is 479. The molecule has 1 atom stereocenters. The van der Waals surface area contributed by atoms with Gasteiger partial charge >= 0.3 is 0 Å². The van der Waals surface area contributed by atoms with Crippen molar-refractivity contribution in [2.24, 2.45) is 5.92 Å². The number of amides is 1. The maximum Gasteiger partial charge on any atom is 0.222 e. The van der Waals surface area contributed by atoms with Crippen LogP contribution in [-0.4, -0.2) is 24.5 Å². The van der Waals surface area contributed by atoms with E-state index >= 15 is 0 Å². The highest BCUT2D eigenvalue weighted by atomic mass is 16.5. The third-order valence-corrected chi connectivity index (χ3v) is 3.19. The molecule has 0 aliphatic carbocycles. The molecule has 0 bridgehead atoms. The third kappa shape index (κ3) is 2.80. The molecule has 1 heterocycles. The fraction of sp³-hybridized carbons (Fsp3) is 0.429. The smallest absolute Gasteiger partial charge is 0.222 e. The van der Waals surface area contributed by atoms with Gasteiger partial charge in [0.25, 0.3) is 0 Å². The van der Waals surface area contributed by atoms with Gasteiger partial charge < -0.3 is 9.64 Å². The van der Waals surface area contributed by atoms with Gasteiger partial charge in [0.05, 0.1) is 19.1 Å². The summed E-state index contributed by atoms with van der Waals surface area (Å²) in [7, 11) is 1.62. The van der Waals surface area contributed by atoms with Crippen LogP contribution in [-0.2, 0) is 11.3 Å². The van der Waals surface area contributed by atoms with Crippen LogP contribution in [0, 0.1) is 17.2 Å². The minimum absolute atomic E-state index is 0.0340. The molecule has 18 heavy (non-hydrogen) atoms. The SMILES string of the molecule is COc1cccc(CN2CC(C#N)CCC2=O)c1. The summed E-state index contributed by atoms with van der Waals surface area (Å²) in [5, 5.41) is 8.94. The monoisotopic (exact) mass is 244 g/mol. The van der Waals surface area contributed by atoms with Gasteiger partial charge in [0.15, 0.2) is 0 Å². The standard InChI is InChI=1S/C14H16N2O2/c1-18-13-4-2-3-11(7-13)9-16-10-12(8-15)5-6-14(16)17/h2-4,7,12H,5-6,9-10H2,1H3. The largest absolute Gasteiger partial charge is 0.497 e. The van der Waals surface area contributed by atoms with E-state index in [1.807, 2.05) is 24.3 Å². The maximum atomic E-state index is 11.8. The first-order chi connectivity index (χ1) is 8.72. The molecule has 2 rings (SSSR count). The molecule has 0 aromatic heterocycles. The molecule has 0 radical (unpaired) electrons. The number of carbonyl (C=O) groups excluding carboxylic acids is 1. The van der Waals surface area contributed by atoms with Gasteiger partial charge in [-0.3, -0.25) is 4.79 Å². The van der Waals surface area contributed by atoms with E-state index in [1.165, 1.54) is 0 Å². The van der Waals surface area contributed by atoms with E-state index in [2.05, 4.69) is 6.07 Å². The quantitative estimate of drug-likeness (QED) is 0.816. The second-order valence-corrected chi connectivity index (χ2v) is 4.49. The van der Waals surface area contributed by atoms with Crippen molar-refractivity contribution < 1.29 is 9.53 Å². The van der Waals surface area contributed by atoms with Crippen molar-refractivity contribution in [2.45, 2.75) is 19.4 Å². The van der Waals surface area contributed by atoms with E-state index in [9.17, 15) is 4.79 Å². The molecule has 1 saturated heterocycles. The predicted octanol–water partition coefficient (Wildman–Crippen LogP) is 1.96. The Labute approximate surface area is 107 Å². The Hall–Kier alpha value is -2.02. The summed E-state index contributed by atoms with van der Waals surface area (Å²) in [6, 6.07) is 9.91. The normalized spacial score (nSPS) is 19.4. The summed E-state index contributed by atoms with van der Waals surface area (Å²) in [6.07, 6.45) is 1.16. The molecule has 0 saturated carbocycles. The van der Waals surface area contributed by atoms with Crippen LogP contribution in [0.4, 0.5) is 0 Å². The lowest BCUT2D eigenvalue weighted by Crippen LogP contribution is -2.38. The van der Waals surface area contributed by atoms with Crippen LogP contribution in [0.25, 0.3) is 0 Å². The lowest BCUT2D eigenvalue weighted by molar-refractivity contribution is -0.134. The van der Waals surface area contributed by atoms with Gasteiger partial charge in [-0.1, -0.05) is 12.1 Å². The van der Waals surface area contributed by atoms with Gasteiger partial charge in [-0.2, -0.15) is 5.26 Å². The van der Waals surface area contributed by atoms with Gasteiger partial charge in [0.2, 0.25) is 5.91 Å². The average molecular weight is 244 g/mol. The molecule has 4 heteroatoms. The van der Waals surface area contributed by atoms with Crippen LogP contribution in [0.15, 0.2) is 24.3 Å². The van der Waals surface area contributed by atoms with Crippen LogP contribution in [0.2, 0.25) is 0 Å². The number of methoxy groups -OCH3 is 1. The minimum Gasteiger partial charge on any atom is -0.497 e. The fourth-order valence-electron chi connectivity index (χ4n) is 2.16. The first-order valence-corrected chi connectivity index (χ1v) is 6.03. The Morgan fingerprint density at radius 2 is 2.39 bits per heavy atom. The predicted molar refractivity (Wildman–Crippen MR) is 66.7 cm³/mol. The summed E-state index contributed by atoms with van der Waals surface area (Å²) in [6.45, 7) is 1.08. The van der Waals surface area contributed by atoms with Gasteiger partial charge in [0.1, 0.15) is 5.75 Å². The lowest BCUT2D eigenvalue weighted by Gasteiger charge is -2.29. The van der Waals surface area contributed by atoms with Crippen molar-refractivity contribution in [3.8, 4) is 11.8 Å². The Kier molecular flexibility index (Phi) is 3.83. The Morgan fingerprint density at radius 1 is 1.56 bits per heavy atom. The van der Waals surface area contributed by atoms with E-state index in [4.69, 9.17) is 10.00 Å². The highest BCUT2D eigenvalue weighted by Gasteiger charge is 2.25. The maximum absolute atomic E-state index is 11.8. The summed E-state index contributed by atoms with van der Waals surface area (Å²) in [5.41, 5.74) is 1.03. The number of rotatable bonds is 3. The van der Waals surface area contributed by atoms with Crippen molar-refractivity contribution in [1.82, 2.24) is 4.90 Å². The molecule has 1 amide bonds. The van der Waals surface area contributed by atoms with Crippen molar-refractivity contribution in [2.75, 3.05) is 13.7 Å². The molecule has 4 nitrogen and oxygen atoms in total. The first kappa shape index (κ1) is 12.4. The number of nitrogens with zero attached hydrogens (tertiary/aromatic N) is 2. The molecule has 1 fully saturated rings. The summed E-state index contributed by atoms with van der Waals surface area (Å²) < 4.78 is 5.16. The average Bonchev–Trinajstić information content (AvgIpc) is 2.41. The number of hydrogen-bond donors (Lipinski definition) is 0. The van der Waals surface area contributed by atoms with E-state index < -0.39 is 0 Å². The molecule has 1 aromatic rings. The zero-order valence-electron chi connectivity index (χ0n) is 10.4. The second kappa shape index (κ2) is 5.54. The third-order valence-electron chi connectivity index (χ3n) is 3.19. The van der Waals surface area contributed by atoms with Gasteiger partial charge in [-0.25, -0.2) is 0 Å². The number of benzene rings is 1. The second-order valence-electron chi connectivity index (χ2n) is 4.49. The Balaban J connectivity index is 2.07. The number of likely N-dealkylation sites (tertiary alicyclic amines) is 1. The highest BCUT2D eigenvalue weighted by molar-refractivity contribution is 5.77. The molecule has 1 aliphatic rings. The van der Waals surface area contributed by atoms with E-state index in [1.54, 1.807) is 12.0 Å². The summed E-state index contributed by atoms with van der Waals surface area (Å²) >= 11 is 0. The summed E-state index contributed by atoms with van der Waals surface area (Å²) in [4.78, 5) is 13.6. The Morgan fingerprint density at radius 3 is 3.11 bits per heavy atom. The zero-order valence-corrected chi connectivity index (χ0v) is 10.4. The number of ether oxygens (including phenoxy) is 1. The zero-order chi connectivity index (χ0) is 13.0. The van der Waals surface area contributed by atoms with Crippen molar-refractivity contribution in [1.29, 1.82) is 5.26 Å². The van der Waals surface area contributed by atoms with Crippen LogP contribution >= 0.6 is 0 Å². The van der Waals surface area contributed by atoms with Crippen molar-refractivity contribution in [3.63, 3.8) is 0 Å². The summed E-state index contributed by atoms with van der Waals surface area (Å²) in [5.74, 6) is 0.881. The first-order valence-electron chi connectivity index (χ1n) is 6.03.